The molecule has 2 atom stereocenters. The maximum Gasteiger partial charge on any atom is 0.152 e. The number of hydrogen-bond donors (Lipinski definition) is 1. The molecule has 1 heterocycles. The molecular weight excluding hydrogens is 210 g/mol. The summed E-state index contributed by atoms with van der Waals surface area (Å²) in [6.45, 7) is 4.49. The quantitative estimate of drug-likeness (QED) is 0.861. The normalized spacial score (nSPS) is 24.5. The Labute approximate surface area is 95.0 Å². The lowest BCUT2D eigenvalue weighted by Crippen LogP contribution is -2.00. The van der Waals surface area contributed by atoms with E-state index in [9.17, 15) is 0 Å². The number of nitrogens with two attached hydrogens (primary N) is 1. The maximum atomic E-state index is 5.81. The minimum absolute atomic E-state index is 0.439. The largest absolute Gasteiger partial charge is 0.382 e. The fourth-order valence-corrected chi connectivity index (χ4v) is 2.34. The first-order chi connectivity index (χ1) is 7.08. The third-order valence-corrected chi connectivity index (χ3v) is 3.10. The van der Waals surface area contributed by atoms with Gasteiger partial charge in [0.2, 0.25) is 0 Å². The van der Waals surface area contributed by atoms with E-state index in [1.54, 1.807) is 0 Å². The van der Waals surface area contributed by atoms with E-state index in [2.05, 4.69) is 24.0 Å². The van der Waals surface area contributed by atoms with Crippen LogP contribution in [0, 0.1) is 11.8 Å². The lowest BCUT2D eigenvalue weighted by molar-refractivity contribution is 0.532. The van der Waals surface area contributed by atoms with Crippen molar-refractivity contribution in [1.29, 1.82) is 0 Å². The van der Waals surface area contributed by atoms with Gasteiger partial charge in [-0.25, -0.2) is 0 Å². The molecule has 0 saturated heterocycles. The third-order valence-electron chi connectivity index (χ3n) is 2.92. The van der Waals surface area contributed by atoms with Crippen LogP contribution >= 0.6 is 11.6 Å². The monoisotopic (exact) mass is 225 g/mol. The Kier molecular flexibility index (Phi) is 2.83. The van der Waals surface area contributed by atoms with Crippen molar-refractivity contribution in [2.45, 2.75) is 32.6 Å². The Balaban J connectivity index is 2.09. The summed E-state index contributed by atoms with van der Waals surface area (Å²) in [5.41, 5.74) is 6.88. The maximum absolute atomic E-state index is 5.81. The van der Waals surface area contributed by atoms with Gasteiger partial charge in [-0.1, -0.05) is 25.4 Å². The van der Waals surface area contributed by atoms with Crippen molar-refractivity contribution in [3.8, 4) is 0 Å². The van der Waals surface area contributed by atoms with E-state index < -0.39 is 0 Å². The molecular formula is C11H16ClN3. The summed E-state index contributed by atoms with van der Waals surface area (Å²) in [6.07, 6.45) is 2.47. The summed E-state index contributed by atoms with van der Waals surface area (Å²) >= 11 is 5.81. The van der Waals surface area contributed by atoms with Gasteiger partial charge < -0.3 is 5.73 Å². The Morgan fingerprint density at radius 1 is 1.53 bits per heavy atom. The van der Waals surface area contributed by atoms with Gasteiger partial charge in [-0.05, 0) is 36.7 Å². The van der Waals surface area contributed by atoms with Crippen LogP contribution in [-0.4, -0.2) is 10.2 Å². The van der Waals surface area contributed by atoms with Crippen LogP contribution in [0.25, 0.3) is 0 Å². The van der Waals surface area contributed by atoms with Crippen LogP contribution in [0.5, 0.6) is 0 Å². The SMILES string of the molecule is CC(C)CC1CC1c1cc(Cl)nnc1N. The number of nitrogen functional groups attached to an aromatic ring is 1. The van der Waals surface area contributed by atoms with E-state index in [0.29, 0.717) is 16.9 Å². The molecule has 0 radical (unpaired) electrons. The molecule has 1 aromatic heterocycles. The minimum Gasteiger partial charge on any atom is -0.382 e. The van der Waals surface area contributed by atoms with Crippen molar-refractivity contribution in [3.05, 3.63) is 16.8 Å². The topological polar surface area (TPSA) is 51.8 Å². The second kappa shape index (κ2) is 3.97. The first kappa shape index (κ1) is 10.7. The summed E-state index contributed by atoms with van der Waals surface area (Å²) < 4.78 is 0. The van der Waals surface area contributed by atoms with Crippen LogP contribution in [0.2, 0.25) is 5.15 Å². The van der Waals surface area contributed by atoms with Gasteiger partial charge in [-0.15, -0.1) is 10.2 Å². The molecule has 2 rings (SSSR count). The van der Waals surface area contributed by atoms with Crippen LogP contribution in [-0.2, 0) is 0 Å². The molecule has 0 spiro atoms. The fraction of sp³-hybridized carbons (Fsp3) is 0.636. The number of anilines is 1. The van der Waals surface area contributed by atoms with Crippen LogP contribution in [0.1, 0.15) is 38.2 Å². The zero-order valence-corrected chi connectivity index (χ0v) is 9.83. The Hall–Kier alpha value is -0.830. The molecule has 1 fully saturated rings. The first-order valence-corrected chi connectivity index (χ1v) is 5.74. The number of halogens is 1. The summed E-state index contributed by atoms with van der Waals surface area (Å²) in [5, 5.41) is 8.01. The van der Waals surface area contributed by atoms with Gasteiger partial charge >= 0.3 is 0 Å². The molecule has 4 heteroatoms. The fourth-order valence-electron chi connectivity index (χ4n) is 2.18. The van der Waals surface area contributed by atoms with Gasteiger partial charge in [0.25, 0.3) is 0 Å². The molecule has 1 aliphatic rings. The lowest BCUT2D eigenvalue weighted by atomic mass is 10.0. The number of nitrogens with zero attached hydrogens (tertiary/aromatic N) is 2. The predicted molar refractivity (Wildman–Crippen MR) is 61.8 cm³/mol. The number of hydrogen-bond acceptors (Lipinski definition) is 3. The average molecular weight is 226 g/mol. The number of aromatic nitrogens is 2. The van der Waals surface area contributed by atoms with Gasteiger partial charge in [0.05, 0.1) is 0 Å². The first-order valence-electron chi connectivity index (χ1n) is 5.36. The van der Waals surface area contributed by atoms with Crippen LogP contribution in [0.4, 0.5) is 5.82 Å². The van der Waals surface area contributed by atoms with Crippen molar-refractivity contribution in [2.24, 2.45) is 11.8 Å². The minimum atomic E-state index is 0.439. The Bertz CT molecular complexity index is 365. The highest BCUT2D eigenvalue weighted by atomic mass is 35.5. The zero-order chi connectivity index (χ0) is 11.0. The Morgan fingerprint density at radius 2 is 2.27 bits per heavy atom. The third kappa shape index (κ3) is 2.40. The standard InChI is InChI=1S/C11H16ClN3/c1-6(2)3-7-4-8(7)9-5-10(12)14-15-11(9)13/h5-8H,3-4H2,1-2H3,(H2,13,15). The summed E-state index contributed by atoms with van der Waals surface area (Å²) in [6, 6.07) is 1.86. The van der Waals surface area contributed by atoms with Gasteiger partial charge in [0, 0.05) is 5.56 Å². The van der Waals surface area contributed by atoms with Crippen molar-refractivity contribution in [3.63, 3.8) is 0 Å². The van der Waals surface area contributed by atoms with E-state index in [4.69, 9.17) is 17.3 Å². The molecule has 0 bridgehead atoms. The van der Waals surface area contributed by atoms with E-state index in [1.165, 1.54) is 12.8 Å². The molecule has 0 aromatic carbocycles. The van der Waals surface area contributed by atoms with Crippen molar-refractivity contribution in [1.82, 2.24) is 10.2 Å². The van der Waals surface area contributed by atoms with E-state index in [-0.39, 0.29) is 0 Å². The zero-order valence-electron chi connectivity index (χ0n) is 9.07. The molecule has 2 N–H and O–H groups in total. The average Bonchev–Trinajstić information content (AvgIpc) is 2.87. The van der Waals surface area contributed by atoms with Gasteiger partial charge in [0.15, 0.2) is 5.15 Å². The van der Waals surface area contributed by atoms with Crippen molar-refractivity contribution < 1.29 is 0 Å². The summed E-state index contributed by atoms with van der Waals surface area (Å²) in [4.78, 5) is 0. The van der Waals surface area contributed by atoms with Gasteiger partial charge in [-0.3, -0.25) is 0 Å². The molecule has 0 aliphatic heterocycles. The summed E-state index contributed by atoms with van der Waals surface area (Å²) in [7, 11) is 0. The molecule has 1 saturated carbocycles. The summed E-state index contributed by atoms with van der Waals surface area (Å²) in [5.74, 6) is 2.59. The Morgan fingerprint density at radius 3 is 2.93 bits per heavy atom. The lowest BCUT2D eigenvalue weighted by Gasteiger charge is -2.05. The van der Waals surface area contributed by atoms with E-state index >= 15 is 0 Å². The van der Waals surface area contributed by atoms with Gasteiger partial charge in [0.1, 0.15) is 5.82 Å². The van der Waals surface area contributed by atoms with Crippen LogP contribution < -0.4 is 5.73 Å². The highest BCUT2D eigenvalue weighted by Crippen LogP contribution is 2.52. The second-order valence-electron chi connectivity index (χ2n) is 4.74. The van der Waals surface area contributed by atoms with Gasteiger partial charge in [-0.2, -0.15) is 0 Å². The predicted octanol–water partition coefficient (Wildman–Crippen LogP) is 2.86. The van der Waals surface area contributed by atoms with E-state index in [1.807, 2.05) is 6.07 Å². The van der Waals surface area contributed by atoms with Crippen molar-refractivity contribution >= 4 is 17.4 Å². The highest BCUT2D eigenvalue weighted by molar-refractivity contribution is 6.29. The van der Waals surface area contributed by atoms with Crippen LogP contribution in [0.15, 0.2) is 6.07 Å². The molecule has 2 unspecified atom stereocenters. The highest BCUT2D eigenvalue weighted by Gasteiger charge is 2.39. The van der Waals surface area contributed by atoms with Crippen LogP contribution in [0.3, 0.4) is 0 Å². The molecule has 82 valence electrons. The molecule has 1 aliphatic carbocycles. The van der Waals surface area contributed by atoms with E-state index in [0.717, 1.165) is 17.4 Å². The smallest absolute Gasteiger partial charge is 0.152 e. The molecule has 1 aromatic rings. The molecule has 0 amide bonds. The van der Waals surface area contributed by atoms with Crippen molar-refractivity contribution in [2.75, 3.05) is 5.73 Å². The number of rotatable bonds is 3. The molecule has 3 nitrogen and oxygen atoms in total. The molecule has 15 heavy (non-hydrogen) atoms. The second-order valence-corrected chi connectivity index (χ2v) is 5.13.